The Labute approximate surface area is 205 Å². The molecular formula is C23H28F3N7O3. The molecule has 36 heavy (non-hydrogen) atoms. The fraction of sp³-hybridized carbons (Fsp3) is 0.522. The van der Waals surface area contributed by atoms with Crippen molar-refractivity contribution in [3.63, 3.8) is 0 Å². The molecule has 2 aliphatic rings. The number of aromatic nitrogens is 4. The van der Waals surface area contributed by atoms with E-state index in [2.05, 4.69) is 30.8 Å². The predicted octanol–water partition coefficient (Wildman–Crippen LogP) is 2.78. The minimum absolute atomic E-state index is 0.0984. The summed E-state index contributed by atoms with van der Waals surface area (Å²) >= 11 is 0. The zero-order chi connectivity index (χ0) is 25.9. The molecule has 0 saturated heterocycles. The molecule has 10 nitrogen and oxygen atoms in total. The van der Waals surface area contributed by atoms with E-state index in [1.165, 1.54) is 18.4 Å². The number of H-pyrrole nitrogens is 1. The van der Waals surface area contributed by atoms with E-state index >= 15 is 0 Å². The maximum Gasteiger partial charge on any atom is 0.423 e. The van der Waals surface area contributed by atoms with Gasteiger partial charge in [-0.25, -0.2) is 20.5 Å². The van der Waals surface area contributed by atoms with E-state index in [0.29, 0.717) is 25.0 Å². The molecule has 1 saturated carbocycles. The molecule has 194 valence electrons. The van der Waals surface area contributed by atoms with Gasteiger partial charge in [0.15, 0.2) is 0 Å². The predicted molar refractivity (Wildman–Crippen MR) is 125 cm³/mol. The van der Waals surface area contributed by atoms with Gasteiger partial charge in [-0.15, -0.1) is 0 Å². The lowest BCUT2D eigenvalue weighted by atomic mass is 9.94. The highest BCUT2D eigenvalue weighted by Crippen LogP contribution is 2.39. The van der Waals surface area contributed by atoms with E-state index in [1.807, 2.05) is 25.4 Å². The van der Waals surface area contributed by atoms with Crippen molar-refractivity contribution < 1.29 is 22.8 Å². The normalized spacial score (nSPS) is 19.0. The number of amides is 1. The summed E-state index contributed by atoms with van der Waals surface area (Å²) in [7, 11) is 0. The van der Waals surface area contributed by atoms with E-state index in [1.54, 1.807) is 12.0 Å². The molecule has 1 aliphatic carbocycles. The molecule has 2 aromatic heterocycles. The average Bonchev–Trinajstić information content (AvgIpc) is 3.65. The monoisotopic (exact) mass is 507 g/mol. The molecule has 2 aromatic rings. The van der Waals surface area contributed by atoms with Gasteiger partial charge in [-0.2, -0.15) is 18.3 Å². The van der Waals surface area contributed by atoms with Gasteiger partial charge < -0.3 is 10.2 Å². The molecule has 1 fully saturated rings. The summed E-state index contributed by atoms with van der Waals surface area (Å²) in [6.07, 6.45) is 4.32. The van der Waals surface area contributed by atoms with Gasteiger partial charge in [0.1, 0.15) is 5.56 Å². The third-order valence-electron chi connectivity index (χ3n) is 6.12. The molecule has 1 amide bonds. The second-order valence-corrected chi connectivity index (χ2v) is 9.22. The van der Waals surface area contributed by atoms with Crippen LogP contribution in [0.15, 0.2) is 35.0 Å². The Morgan fingerprint density at radius 1 is 1.28 bits per heavy atom. The first-order chi connectivity index (χ1) is 17.1. The first-order valence-corrected chi connectivity index (χ1v) is 11.7. The minimum Gasteiger partial charge on any atom is -0.378 e. The highest BCUT2D eigenvalue weighted by atomic mass is 19.4. The maximum absolute atomic E-state index is 13.1. The van der Waals surface area contributed by atoms with Crippen molar-refractivity contribution in [1.82, 2.24) is 25.6 Å². The molecule has 0 aromatic carbocycles. The molecule has 4 rings (SSSR count). The van der Waals surface area contributed by atoms with Crippen LogP contribution in [0.4, 0.5) is 24.8 Å². The summed E-state index contributed by atoms with van der Waals surface area (Å²) in [5.41, 5.74) is 1.28. The maximum atomic E-state index is 13.1. The van der Waals surface area contributed by atoms with Crippen molar-refractivity contribution in [2.24, 2.45) is 5.92 Å². The number of hydrogen-bond acceptors (Lipinski definition) is 8. The summed E-state index contributed by atoms with van der Waals surface area (Å²) in [4.78, 5) is 40.1. The summed E-state index contributed by atoms with van der Waals surface area (Å²) in [6, 6.07) is -0.650. The zero-order valence-electron chi connectivity index (χ0n) is 19.9. The minimum atomic E-state index is -4.85. The van der Waals surface area contributed by atoms with E-state index in [0.717, 1.165) is 11.8 Å². The average molecular weight is 508 g/mol. The first-order valence-electron chi connectivity index (χ1n) is 11.7. The Morgan fingerprint density at radius 2 is 2.00 bits per heavy atom. The van der Waals surface area contributed by atoms with Crippen molar-refractivity contribution in [2.75, 3.05) is 29.9 Å². The molecule has 3 heterocycles. The van der Waals surface area contributed by atoms with Crippen LogP contribution in [0.1, 0.15) is 50.2 Å². The Bertz CT molecular complexity index is 1160. The molecule has 2 atom stereocenters. The van der Waals surface area contributed by atoms with Crippen molar-refractivity contribution in [2.45, 2.75) is 51.2 Å². The lowest BCUT2D eigenvalue weighted by molar-refractivity contribution is -0.138. The van der Waals surface area contributed by atoms with Gasteiger partial charge in [0.25, 0.3) is 5.56 Å². The highest BCUT2D eigenvalue weighted by molar-refractivity contribution is 5.77. The quantitative estimate of drug-likeness (QED) is 0.350. The molecule has 3 N–H and O–H groups in total. The van der Waals surface area contributed by atoms with E-state index in [-0.39, 0.29) is 24.9 Å². The van der Waals surface area contributed by atoms with Crippen molar-refractivity contribution in [3.8, 4) is 0 Å². The molecule has 2 unspecified atom stereocenters. The summed E-state index contributed by atoms with van der Waals surface area (Å²) < 4.78 is 39.4. The molecule has 0 spiro atoms. The van der Waals surface area contributed by atoms with Crippen LogP contribution in [0.25, 0.3) is 0 Å². The molecule has 13 heteroatoms. The van der Waals surface area contributed by atoms with Gasteiger partial charge in [0.2, 0.25) is 11.9 Å². The van der Waals surface area contributed by atoms with Gasteiger partial charge in [0, 0.05) is 31.5 Å². The molecule has 0 bridgehead atoms. The molecular weight excluding hydrogens is 479 g/mol. The largest absolute Gasteiger partial charge is 0.423 e. The number of halogens is 3. The number of aromatic amines is 1. The van der Waals surface area contributed by atoms with E-state index in [9.17, 15) is 22.8 Å². The van der Waals surface area contributed by atoms with Crippen molar-refractivity contribution >= 4 is 17.5 Å². The van der Waals surface area contributed by atoms with Crippen LogP contribution in [-0.4, -0.2) is 51.8 Å². The smallest absolute Gasteiger partial charge is 0.378 e. The van der Waals surface area contributed by atoms with E-state index < -0.39 is 29.0 Å². The van der Waals surface area contributed by atoms with Gasteiger partial charge in [-0.1, -0.05) is 18.6 Å². The lowest BCUT2D eigenvalue weighted by Crippen LogP contribution is -2.37. The van der Waals surface area contributed by atoms with Gasteiger partial charge in [0.05, 0.1) is 24.9 Å². The van der Waals surface area contributed by atoms with E-state index in [4.69, 9.17) is 4.84 Å². The fourth-order valence-corrected chi connectivity index (χ4v) is 4.05. The van der Waals surface area contributed by atoms with Gasteiger partial charge in [-0.05, 0) is 37.2 Å². The van der Waals surface area contributed by atoms with Crippen LogP contribution in [0.5, 0.6) is 0 Å². The Balaban J connectivity index is 1.23. The standard InChI is InChI=1S/C23H28F3N7O3/c1-13-11-33(22-27-8-17(9-28-22)15-3-4-15)6-5-16(13)7-19(34)32-36-12-14(2)30-18-10-29-31-21(35)20(18)23(24,25)26/h5,8-10,13-15H,3-4,6-7,11-12H2,1-2H3,(H,32,34)(H2,30,31,35). The Hall–Kier alpha value is -3.48. The molecule has 1 aliphatic heterocycles. The number of alkyl halides is 3. The highest BCUT2D eigenvalue weighted by Gasteiger charge is 2.37. The summed E-state index contributed by atoms with van der Waals surface area (Å²) in [5, 5.41) is 7.72. The SMILES string of the molecule is CC(CONC(=O)CC1=CCN(c2ncc(C3CC3)cn2)CC1C)Nc1cn[nH]c(=O)c1C(F)(F)F. The third kappa shape index (κ3) is 6.39. The summed E-state index contributed by atoms with van der Waals surface area (Å²) in [5.74, 6) is 0.997. The van der Waals surface area contributed by atoms with Crippen LogP contribution < -0.4 is 21.3 Å². The molecule has 0 radical (unpaired) electrons. The fourth-order valence-electron chi connectivity index (χ4n) is 4.05. The number of carbonyl (C=O) groups is 1. The van der Waals surface area contributed by atoms with Crippen LogP contribution in [0, 0.1) is 5.92 Å². The number of nitrogens with zero attached hydrogens (tertiary/aromatic N) is 4. The number of carbonyl (C=O) groups excluding carboxylic acids is 1. The number of rotatable bonds is 9. The third-order valence-corrected chi connectivity index (χ3v) is 6.12. The first kappa shape index (κ1) is 25.6. The van der Waals surface area contributed by atoms with Crippen LogP contribution in [0.2, 0.25) is 0 Å². The van der Waals surface area contributed by atoms with Gasteiger partial charge in [-0.3, -0.25) is 14.4 Å². The van der Waals surface area contributed by atoms with Crippen LogP contribution >= 0.6 is 0 Å². The van der Waals surface area contributed by atoms with Crippen molar-refractivity contribution in [3.05, 3.63) is 51.7 Å². The topological polar surface area (TPSA) is 125 Å². The number of hydrogen-bond donors (Lipinski definition) is 3. The Kier molecular flexibility index (Phi) is 7.57. The lowest BCUT2D eigenvalue weighted by Gasteiger charge is -2.31. The van der Waals surface area contributed by atoms with Gasteiger partial charge >= 0.3 is 6.18 Å². The van der Waals surface area contributed by atoms with Crippen molar-refractivity contribution in [1.29, 1.82) is 0 Å². The second-order valence-electron chi connectivity index (χ2n) is 9.22. The van der Waals surface area contributed by atoms with Crippen LogP contribution in [0.3, 0.4) is 0 Å². The Morgan fingerprint density at radius 3 is 2.64 bits per heavy atom. The second kappa shape index (κ2) is 10.6. The number of nitrogens with one attached hydrogen (secondary N) is 3. The number of anilines is 2. The summed E-state index contributed by atoms with van der Waals surface area (Å²) in [6.45, 7) is 4.70. The zero-order valence-corrected chi connectivity index (χ0v) is 19.9. The number of hydroxylamine groups is 1. The van der Waals surface area contributed by atoms with Crippen LogP contribution in [-0.2, 0) is 15.8 Å².